The molecule has 0 radical (unpaired) electrons. The van der Waals surface area contributed by atoms with E-state index in [9.17, 15) is 9.59 Å². The highest BCUT2D eigenvalue weighted by Gasteiger charge is 2.51. The molecule has 0 spiro atoms. The first-order valence-electron chi connectivity index (χ1n) is 14.9. The molecule has 0 aromatic heterocycles. The smallest absolute Gasteiger partial charge is 0.303 e. The first kappa shape index (κ1) is 32.8. The molecular weight excluding hydrogens is 504 g/mol. The summed E-state index contributed by atoms with van der Waals surface area (Å²) in [7, 11) is -2.63. The molecule has 0 amide bonds. The average Bonchev–Trinajstić information content (AvgIpc) is 2.90. The van der Waals surface area contributed by atoms with Crippen molar-refractivity contribution < 1.29 is 24.2 Å². The zero-order valence-corrected chi connectivity index (χ0v) is 25.4. The SMILES string of the molecule is CC(C)(C)[Si](OC(CCCCCCCC(=O)O)CCCCCCCC(=O)O)(c1ccccc1)c1ccccc1. The molecule has 2 N–H and O–H groups in total. The lowest BCUT2D eigenvalue weighted by Gasteiger charge is -2.45. The van der Waals surface area contributed by atoms with Gasteiger partial charge >= 0.3 is 11.9 Å². The summed E-state index contributed by atoms with van der Waals surface area (Å²) in [4.78, 5) is 21.6. The number of carboxylic acids is 2. The van der Waals surface area contributed by atoms with E-state index in [1.54, 1.807) is 0 Å². The van der Waals surface area contributed by atoms with E-state index >= 15 is 0 Å². The van der Waals surface area contributed by atoms with Crippen LogP contribution in [-0.4, -0.2) is 36.6 Å². The van der Waals surface area contributed by atoms with E-state index in [0.29, 0.717) is 0 Å². The molecule has 2 rings (SSSR count). The molecule has 0 aliphatic carbocycles. The first-order valence-corrected chi connectivity index (χ1v) is 16.8. The van der Waals surface area contributed by atoms with Crippen LogP contribution in [0.25, 0.3) is 0 Å². The van der Waals surface area contributed by atoms with Gasteiger partial charge in [-0.05, 0) is 41.1 Å². The molecule has 0 aliphatic rings. The van der Waals surface area contributed by atoms with Crippen LogP contribution in [-0.2, 0) is 14.0 Å². The average molecular weight is 555 g/mol. The highest BCUT2D eigenvalue weighted by atomic mass is 28.4. The summed E-state index contributed by atoms with van der Waals surface area (Å²) in [6.45, 7) is 6.96. The second-order valence-corrected chi connectivity index (χ2v) is 16.1. The van der Waals surface area contributed by atoms with Crippen LogP contribution in [0, 0.1) is 0 Å². The Kier molecular flexibility index (Phi) is 14.5. The van der Waals surface area contributed by atoms with Crippen LogP contribution in [0.15, 0.2) is 60.7 Å². The number of carbonyl (C=O) groups is 2. The van der Waals surface area contributed by atoms with Crippen molar-refractivity contribution in [3.8, 4) is 0 Å². The van der Waals surface area contributed by atoms with Crippen LogP contribution in [0.3, 0.4) is 0 Å². The Balaban J connectivity index is 2.18. The van der Waals surface area contributed by atoms with Crippen LogP contribution in [0.5, 0.6) is 0 Å². The Morgan fingerprint density at radius 1 is 0.641 bits per heavy atom. The summed E-state index contributed by atoms with van der Waals surface area (Å²) in [6.07, 6.45) is 12.5. The number of hydrogen-bond donors (Lipinski definition) is 2. The van der Waals surface area contributed by atoms with Gasteiger partial charge in [0.15, 0.2) is 0 Å². The van der Waals surface area contributed by atoms with Crippen molar-refractivity contribution in [2.75, 3.05) is 0 Å². The summed E-state index contributed by atoms with van der Waals surface area (Å²) >= 11 is 0. The highest BCUT2D eigenvalue weighted by molar-refractivity contribution is 6.99. The quantitative estimate of drug-likeness (QED) is 0.130. The van der Waals surface area contributed by atoms with E-state index < -0.39 is 20.3 Å². The fourth-order valence-corrected chi connectivity index (χ4v) is 10.3. The molecule has 0 saturated heterocycles. The summed E-state index contributed by atoms with van der Waals surface area (Å²) in [5.41, 5.74) is 0. The van der Waals surface area contributed by atoms with Gasteiger partial charge in [0, 0.05) is 18.9 Å². The van der Waals surface area contributed by atoms with Crippen molar-refractivity contribution >= 4 is 30.6 Å². The van der Waals surface area contributed by atoms with Gasteiger partial charge in [-0.25, -0.2) is 0 Å². The van der Waals surface area contributed by atoms with E-state index in [2.05, 4.69) is 81.4 Å². The van der Waals surface area contributed by atoms with E-state index in [1.807, 2.05) is 0 Å². The second-order valence-electron chi connectivity index (χ2n) is 11.8. The van der Waals surface area contributed by atoms with Gasteiger partial charge < -0.3 is 14.6 Å². The maximum absolute atomic E-state index is 10.8. The van der Waals surface area contributed by atoms with Crippen LogP contribution in [0.2, 0.25) is 5.04 Å². The molecule has 0 aliphatic heterocycles. The molecule has 0 saturated carbocycles. The fraction of sp³-hybridized carbons (Fsp3) is 0.576. The largest absolute Gasteiger partial charge is 0.481 e. The molecule has 6 heteroatoms. The number of rotatable bonds is 20. The molecule has 0 unspecified atom stereocenters. The van der Waals surface area contributed by atoms with Crippen molar-refractivity contribution in [2.45, 2.75) is 122 Å². The van der Waals surface area contributed by atoms with Crippen LogP contribution in [0.4, 0.5) is 0 Å². The van der Waals surface area contributed by atoms with Gasteiger partial charge in [-0.3, -0.25) is 9.59 Å². The lowest BCUT2D eigenvalue weighted by atomic mass is 10.0. The van der Waals surface area contributed by atoms with E-state index in [-0.39, 0.29) is 24.0 Å². The molecule has 2 aromatic carbocycles. The number of aliphatic carboxylic acids is 2. The minimum absolute atomic E-state index is 0.0678. The van der Waals surface area contributed by atoms with E-state index in [1.165, 1.54) is 10.4 Å². The monoisotopic (exact) mass is 554 g/mol. The highest BCUT2D eigenvalue weighted by Crippen LogP contribution is 2.38. The van der Waals surface area contributed by atoms with Gasteiger partial charge in [0.05, 0.1) is 0 Å². The molecule has 2 aromatic rings. The fourth-order valence-electron chi connectivity index (χ4n) is 5.56. The van der Waals surface area contributed by atoms with Gasteiger partial charge in [0.2, 0.25) is 0 Å². The molecule has 0 bridgehead atoms. The molecule has 0 atom stereocenters. The Morgan fingerprint density at radius 3 is 1.36 bits per heavy atom. The predicted molar refractivity (Wildman–Crippen MR) is 162 cm³/mol. The van der Waals surface area contributed by atoms with Gasteiger partial charge in [-0.15, -0.1) is 0 Å². The number of unbranched alkanes of at least 4 members (excludes halogenated alkanes) is 8. The topological polar surface area (TPSA) is 83.8 Å². The lowest BCUT2D eigenvalue weighted by molar-refractivity contribution is -0.138. The molecule has 39 heavy (non-hydrogen) atoms. The minimum Gasteiger partial charge on any atom is -0.481 e. The standard InChI is InChI=1S/C33H50O5Si/c1-33(2,3)39(29-22-14-10-15-23-29,30-24-16-11-17-25-30)38-28(20-12-6-4-8-18-26-31(34)35)21-13-7-5-9-19-27-32(36)37/h10-11,14-17,22-25,28H,4-9,12-13,18-21,26-27H2,1-3H3,(H,34,35)(H,36,37). The summed E-state index contributed by atoms with van der Waals surface area (Å²) in [6, 6.07) is 21.6. The third kappa shape index (κ3) is 11.3. The van der Waals surface area contributed by atoms with Crippen molar-refractivity contribution in [1.29, 1.82) is 0 Å². The van der Waals surface area contributed by atoms with Gasteiger partial charge in [0.1, 0.15) is 0 Å². The van der Waals surface area contributed by atoms with Crippen molar-refractivity contribution in [3.63, 3.8) is 0 Å². The number of benzene rings is 2. The Bertz CT molecular complexity index is 888. The van der Waals surface area contributed by atoms with Gasteiger partial charge in [-0.1, -0.05) is 133 Å². The van der Waals surface area contributed by atoms with Crippen LogP contribution in [0.1, 0.15) is 111 Å². The summed E-state index contributed by atoms with van der Waals surface area (Å²) in [5.74, 6) is -1.42. The molecule has 0 fully saturated rings. The Hall–Kier alpha value is -2.44. The molecule has 5 nitrogen and oxygen atoms in total. The zero-order chi connectivity index (χ0) is 28.6. The molecule has 0 heterocycles. The normalized spacial score (nSPS) is 12.1. The number of carboxylic acid groups (broad SMARTS) is 2. The first-order chi connectivity index (χ1) is 18.7. The van der Waals surface area contributed by atoms with Crippen LogP contribution >= 0.6 is 0 Å². The van der Waals surface area contributed by atoms with Crippen molar-refractivity contribution in [1.82, 2.24) is 0 Å². The maximum atomic E-state index is 10.8. The van der Waals surface area contributed by atoms with Gasteiger partial charge in [-0.2, -0.15) is 0 Å². The molecule has 216 valence electrons. The van der Waals surface area contributed by atoms with Crippen LogP contribution < -0.4 is 10.4 Å². The minimum atomic E-state index is -2.63. The van der Waals surface area contributed by atoms with E-state index in [4.69, 9.17) is 14.6 Å². The van der Waals surface area contributed by atoms with E-state index in [0.717, 1.165) is 77.0 Å². The Morgan fingerprint density at radius 2 is 1.00 bits per heavy atom. The van der Waals surface area contributed by atoms with Crippen molar-refractivity contribution in [2.24, 2.45) is 0 Å². The third-order valence-corrected chi connectivity index (χ3v) is 12.7. The third-order valence-electron chi connectivity index (χ3n) is 7.59. The second kappa shape index (κ2) is 17.3. The molecular formula is C33H50O5Si. The Labute approximate surface area is 237 Å². The summed E-state index contributed by atoms with van der Waals surface area (Å²) < 4.78 is 7.48. The zero-order valence-electron chi connectivity index (χ0n) is 24.4. The summed E-state index contributed by atoms with van der Waals surface area (Å²) in [5, 5.41) is 20.3. The van der Waals surface area contributed by atoms with Gasteiger partial charge in [0.25, 0.3) is 8.32 Å². The van der Waals surface area contributed by atoms with Crippen molar-refractivity contribution in [3.05, 3.63) is 60.7 Å². The maximum Gasteiger partial charge on any atom is 0.303 e. The lowest BCUT2D eigenvalue weighted by Crippen LogP contribution is -2.67. The number of hydrogen-bond acceptors (Lipinski definition) is 3. The predicted octanol–water partition coefficient (Wildman–Crippen LogP) is 7.56.